The molecule has 0 radical (unpaired) electrons. The van der Waals surface area contributed by atoms with Crippen molar-refractivity contribution in [1.29, 1.82) is 5.26 Å². The summed E-state index contributed by atoms with van der Waals surface area (Å²) < 4.78 is 0. The average Bonchev–Trinajstić information content (AvgIpc) is 2.30. The van der Waals surface area contributed by atoms with Crippen LogP contribution in [0.15, 0.2) is 24.3 Å². The normalized spacial score (nSPS) is 11.8. The fraction of sp³-hybridized carbons (Fsp3) is 0.467. The summed E-state index contributed by atoms with van der Waals surface area (Å²) in [6, 6.07) is 9.34. The van der Waals surface area contributed by atoms with E-state index in [2.05, 4.69) is 11.4 Å². The Kier molecular flexibility index (Phi) is 4.33. The third-order valence-electron chi connectivity index (χ3n) is 3.67. The van der Waals surface area contributed by atoms with E-state index in [0.717, 1.165) is 5.56 Å². The molecule has 0 heterocycles. The quantitative estimate of drug-likeness (QED) is 0.871. The number of anilines is 1. The van der Waals surface area contributed by atoms with Crippen LogP contribution in [0.1, 0.15) is 33.3 Å². The standard InChI is InChI=1S/C15H21N3O/c1-14(2,15(3,4)17)13(19)18-12-7-5-11(6-8-12)9-10-16/h5-8H,9,17H2,1-4H3,(H,18,19). The zero-order valence-electron chi connectivity index (χ0n) is 11.9. The van der Waals surface area contributed by atoms with Crippen molar-refractivity contribution in [3.05, 3.63) is 29.8 Å². The van der Waals surface area contributed by atoms with Crippen molar-refractivity contribution >= 4 is 11.6 Å². The summed E-state index contributed by atoms with van der Waals surface area (Å²) in [7, 11) is 0. The van der Waals surface area contributed by atoms with Gasteiger partial charge >= 0.3 is 0 Å². The van der Waals surface area contributed by atoms with Crippen LogP contribution in [0.2, 0.25) is 0 Å². The van der Waals surface area contributed by atoms with Gasteiger partial charge in [-0.2, -0.15) is 5.26 Å². The highest BCUT2D eigenvalue weighted by Gasteiger charge is 2.40. The van der Waals surface area contributed by atoms with Gasteiger partial charge < -0.3 is 11.1 Å². The van der Waals surface area contributed by atoms with E-state index in [9.17, 15) is 4.79 Å². The van der Waals surface area contributed by atoms with Gasteiger partial charge in [0, 0.05) is 11.2 Å². The Morgan fingerprint density at radius 2 is 1.79 bits per heavy atom. The summed E-state index contributed by atoms with van der Waals surface area (Å²) in [6.45, 7) is 7.32. The van der Waals surface area contributed by atoms with Crippen molar-refractivity contribution in [3.8, 4) is 6.07 Å². The maximum atomic E-state index is 12.2. The van der Waals surface area contributed by atoms with Crippen molar-refractivity contribution in [2.45, 2.75) is 39.7 Å². The Morgan fingerprint density at radius 1 is 1.26 bits per heavy atom. The van der Waals surface area contributed by atoms with Crippen molar-refractivity contribution in [1.82, 2.24) is 0 Å². The fourth-order valence-corrected chi connectivity index (χ4v) is 1.38. The Bertz CT molecular complexity index is 490. The van der Waals surface area contributed by atoms with Crippen LogP contribution in [0.25, 0.3) is 0 Å². The summed E-state index contributed by atoms with van der Waals surface area (Å²) in [5, 5.41) is 11.5. The number of benzene rings is 1. The highest BCUT2D eigenvalue weighted by atomic mass is 16.2. The van der Waals surface area contributed by atoms with Gasteiger partial charge in [-0.1, -0.05) is 12.1 Å². The van der Waals surface area contributed by atoms with Gasteiger partial charge in [0.15, 0.2) is 0 Å². The highest BCUT2D eigenvalue weighted by molar-refractivity contribution is 5.95. The largest absolute Gasteiger partial charge is 0.326 e. The molecule has 0 spiro atoms. The number of nitrogens with zero attached hydrogens (tertiary/aromatic N) is 1. The maximum Gasteiger partial charge on any atom is 0.231 e. The molecule has 4 heteroatoms. The minimum absolute atomic E-state index is 0.118. The second kappa shape index (κ2) is 5.41. The van der Waals surface area contributed by atoms with E-state index >= 15 is 0 Å². The Morgan fingerprint density at radius 3 is 2.21 bits per heavy atom. The van der Waals surface area contributed by atoms with Crippen molar-refractivity contribution in [2.75, 3.05) is 5.32 Å². The van der Waals surface area contributed by atoms with E-state index in [-0.39, 0.29) is 5.91 Å². The van der Waals surface area contributed by atoms with Gasteiger partial charge in [-0.15, -0.1) is 0 Å². The Hall–Kier alpha value is -1.86. The van der Waals surface area contributed by atoms with Gasteiger partial charge in [0.1, 0.15) is 0 Å². The molecule has 1 aromatic rings. The Balaban J connectivity index is 2.81. The summed E-state index contributed by atoms with van der Waals surface area (Å²) in [5.41, 5.74) is 6.38. The highest BCUT2D eigenvalue weighted by Crippen LogP contribution is 2.29. The average molecular weight is 259 g/mol. The lowest BCUT2D eigenvalue weighted by atomic mass is 9.74. The smallest absolute Gasteiger partial charge is 0.231 e. The van der Waals surface area contributed by atoms with Gasteiger partial charge in [-0.25, -0.2) is 0 Å². The van der Waals surface area contributed by atoms with Crippen LogP contribution in [0.3, 0.4) is 0 Å². The SMILES string of the molecule is CC(C)(N)C(C)(C)C(=O)Nc1ccc(CC#N)cc1. The van der Waals surface area contributed by atoms with Crippen molar-refractivity contribution in [3.63, 3.8) is 0 Å². The van der Waals surface area contributed by atoms with Crippen molar-refractivity contribution in [2.24, 2.45) is 11.1 Å². The summed E-state index contributed by atoms with van der Waals surface area (Å²) in [4.78, 5) is 12.2. The molecule has 1 aromatic carbocycles. The van der Waals surface area contributed by atoms with Gasteiger partial charge in [0.25, 0.3) is 0 Å². The molecule has 1 rings (SSSR count). The fourth-order valence-electron chi connectivity index (χ4n) is 1.38. The molecule has 19 heavy (non-hydrogen) atoms. The van der Waals surface area contributed by atoms with Crippen LogP contribution >= 0.6 is 0 Å². The molecule has 0 aliphatic heterocycles. The molecular formula is C15H21N3O. The van der Waals surface area contributed by atoms with Crippen LogP contribution in [0, 0.1) is 16.7 Å². The van der Waals surface area contributed by atoms with E-state index in [1.54, 1.807) is 12.1 Å². The summed E-state index contributed by atoms with van der Waals surface area (Å²) in [6.07, 6.45) is 0.371. The molecule has 0 bridgehead atoms. The number of hydrogen-bond acceptors (Lipinski definition) is 3. The predicted octanol–water partition coefficient (Wildman–Crippen LogP) is 2.45. The molecule has 0 aromatic heterocycles. The number of amides is 1. The van der Waals surface area contributed by atoms with Crippen LogP contribution in [0.4, 0.5) is 5.69 Å². The lowest BCUT2D eigenvalue weighted by Gasteiger charge is -2.36. The predicted molar refractivity (Wildman–Crippen MR) is 76.4 cm³/mol. The molecule has 0 fully saturated rings. The topological polar surface area (TPSA) is 78.9 Å². The monoisotopic (exact) mass is 259 g/mol. The molecule has 0 unspecified atom stereocenters. The first-order valence-corrected chi connectivity index (χ1v) is 6.24. The third kappa shape index (κ3) is 3.55. The first kappa shape index (κ1) is 15.2. The number of hydrogen-bond donors (Lipinski definition) is 2. The summed E-state index contributed by atoms with van der Waals surface area (Å²) >= 11 is 0. The molecule has 0 saturated carbocycles. The molecule has 0 atom stereocenters. The number of nitrogens with two attached hydrogens (primary N) is 1. The number of rotatable bonds is 4. The van der Waals surface area contributed by atoms with Crippen LogP contribution < -0.4 is 11.1 Å². The molecular weight excluding hydrogens is 238 g/mol. The minimum Gasteiger partial charge on any atom is -0.326 e. The molecule has 3 N–H and O–H groups in total. The first-order valence-electron chi connectivity index (χ1n) is 6.24. The zero-order chi connectivity index (χ0) is 14.7. The van der Waals surface area contributed by atoms with Gasteiger partial charge in [-0.05, 0) is 45.4 Å². The molecule has 1 amide bonds. The van der Waals surface area contributed by atoms with Crippen LogP contribution in [-0.2, 0) is 11.2 Å². The van der Waals surface area contributed by atoms with E-state index in [1.165, 1.54) is 0 Å². The van der Waals surface area contributed by atoms with E-state index in [1.807, 2.05) is 39.8 Å². The minimum atomic E-state index is -0.682. The maximum absolute atomic E-state index is 12.2. The second-order valence-electron chi connectivity index (χ2n) is 5.83. The van der Waals surface area contributed by atoms with Crippen LogP contribution in [-0.4, -0.2) is 11.4 Å². The van der Waals surface area contributed by atoms with Gasteiger partial charge in [-0.3, -0.25) is 4.79 Å². The molecule has 0 saturated heterocycles. The number of nitrogens with one attached hydrogen (secondary N) is 1. The zero-order valence-corrected chi connectivity index (χ0v) is 11.9. The lowest BCUT2D eigenvalue weighted by Crippen LogP contribution is -2.53. The van der Waals surface area contributed by atoms with E-state index in [0.29, 0.717) is 12.1 Å². The molecule has 0 aliphatic carbocycles. The Labute approximate surface area is 114 Å². The van der Waals surface area contributed by atoms with E-state index < -0.39 is 11.0 Å². The van der Waals surface area contributed by atoms with Crippen molar-refractivity contribution < 1.29 is 4.79 Å². The summed E-state index contributed by atoms with van der Waals surface area (Å²) in [5.74, 6) is -0.118. The van der Waals surface area contributed by atoms with Gasteiger partial charge in [0.05, 0.1) is 17.9 Å². The molecule has 102 valence electrons. The van der Waals surface area contributed by atoms with Crippen LogP contribution in [0.5, 0.6) is 0 Å². The molecule has 4 nitrogen and oxygen atoms in total. The first-order chi connectivity index (χ1) is 8.68. The van der Waals surface area contributed by atoms with E-state index in [4.69, 9.17) is 11.0 Å². The number of carbonyl (C=O) groups is 1. The second-order valence-corrected chi connectivity index (χ2v) is 5.83. The lowest BCUT2D eigenvalue weighted by molar-refractivity contribution is -0.126. The third-order valence-corrected chi connectivity index (χ3v) is 3.67. The van der Waals surface area contributed by atoms with Gasteiger partial charge in [0.2, 0.25) is 5.91 Å². The molecule has 0 aliphatic rings. The number of carbonyl (C=O) groups excluding carboxylic acids is 1. The number of nitriles is 1.